The van der Waals surface area contributed by atoms with Crippen molar-refractivity contribution in [2.75, 3.05) is 10.2 Å². The molecule has 2 aromatic rings. The third-order valence-corrected chi connectivity index (χ3v) is 4.29. The van der Waals surface area contributed by atoms with Crippen molar-refractivity contribution >= 4 is 45.9 Å². The zero-order chi connectivity index (χ0) is 14.8. The van der Waals surface area contributed by atoms with Gasteiger partial charge >= 0.3 is 0 Å². The summed E-state index contributed by atoms with van der Waals surface area (Å²) in [6, 6.07) is 16.0. The molecule has 1 atom stereocenters. The minimum Gasteiger partial charge on any atom is -0.364 e. The fourth-order valence-corrected chi connectivity index (χ4v) is 3.12. The van der Waals surface area contributed by atoms with Crippen LogP contribution in [0.3, 0.4) is 0 Å². The summed E-state index contributed by atoms with van der Waals surface area (Å²) in [7, 11) is 0. The van der Waals surface area contributed by atoms with E-state index in [1.807, 2.05) is 12.1 Å². The first-order valence-electron chi connectivity index (χ1n) is 6.27. The second-order valence-electron chi connectivity index (χ2n) is 4.40. The van der Waals surface area contributed by atoms with E-state index in [0.717, 1.165) is 11.8 Å². The normalized spacial score (nSPS) is 18.1. The molecule has 3 rings (SSSR count). The Morgan fingerprint density at radius 3 is 2.38 bits per heavy atom. The fourth-order valence-electron chi connectivity index (χ4n) is 2.03. The number of carbonyl (C=O) groups is 2. The Morgan fingerprint density at radius 2 is 1.67 bits per heavy atom. The summed E-state index contributed by atoms with van der Waals surface area (Å²) in [5, 5.41) is 2.55. The van der Waals surface area contributed by atoms with Crippen molar-refractivity contribution in [3.63, 3.8) is 0 Å². The molecule has 1 aliphatic rings. The first-order valence-corrected chi connectivity index (χ1v) is 7.53. The summed E-state index contributed by atoms with van der Waals surface area (Å²) in [6.07, 6.45) is 0. The van der Waals surface area contributed by atoms with Crippen LogP contribution in [0.25, 0.3) is 0 Å². The van der Waals surface area contributed by atoms with E-state index < -0.39 is 5.37 Å². The lowest BCUT2D eigenvalue weighted by molar-refractivity contribution is -0.116. The molecule has 1 fully saturated rings. The van der Waals surface area contributed by atoms with Crippen molar-refractivity contribution in [1.82, 2.24) is 0 Å². The molecule has 2 amide bonds. The van der Waals surface area contributed by atoms with Gasteiger partial charge in [0, 0.05) is 0 Å². The summed E-state index contributed by atoms with van der Waals surface area (Å²) >= 11 is 7.01. The number of para-hydroxylation sites is 2. The van der Waals surface area contributed by atoms with Crippen LogP contribution in [0.5, 0.6) is 0 Å². The largest absolute Gasteiger partial charge is 0.364 e. The lowest BCUT2D eigenvalue weighted by Crippen LogP contribution is -2.34. The quantitative estimate of drug-likeness (QED) is 0.930. The highest BCUT2D eigenvalue weighted by Gasteiger charge is 2.40. The number of hydrogen-bond donors (Lipinski definition) is 1. The molecule has 106 valence electrons. The molecule has 0 bridgehead atoms. The average molecular weight is 319 g/mol. The molecule has 1 N–H and O–H groups in total. The molecule has 0 aromatic heterocycles. The molecule has 21 heavy (non-hydrogen) atoms. The van der Waals surface area contributed by atoms with Gasteiger partial charge in [-0.15, -0.1) is 0 Å². The molecule has 0 unspecified atom stereocenters. The van der Waals surface area contributed by atoms with Crippen molar-refractivity contribution < 1.29 is 9.59 Å². The van der Waals surface area contributed by atoms with Gasteiger partial charge in [0.15, 0.2) is 5.37 Å². The summed E-state index contributed by atoms with van der Waals surface area (Å²) in [5.41, 5.74) is 1.20. The maximum Gasteiger partial charge on any atom is 0.295 e. The van der Waals surface area contributed by atoms with Gasteiger partial charge < -0.3 is 5.32 Å². The number of imide groups is 1. The van der Waals surface area contributed by atoms with Crippen LogP contribution in [0, 0.1) is 0 Å². The number of anilines is 2. The van der Waals surface area contributed by atoms with Crippen molar-refractivity contribution in [1.29, 1.82) is 0 Å². The molecule has 1 heterocycles. The van der Waals surface area contributed by atoms with E-state index >= 15 is 0 Å². The van der Waals surface area contributed by atoms with Gasteiger partial charge in [0.25, 0.3) is 11.1 Å². The summed E-state index contributed by atoms with van der Waals surface area (Å²) < 4.78 is 0. The number of benzene rings is 2. The van der Waals surface area contributed by atoms with Gasteiger partial charge in [0.2, 0.25) is 0 Å². The van der Waals surface area contributed by atoms with Crippen LogP contribution in [-0.4, -0.2) is 16.5 Å². The molecule has 2 aromatic carbocycles. The summed E-state index contributed by atoms with van der Waals surface area (Å²) in [4.78, 5) is 25.7. The van der Waals surface area contributed by atoms with Crippen LogP contribution in [0.15, 0.2) is 54.6 Å². The molecule has 1 aliphatic heterocycles. The number of carbonyl (C=O) groups excluding carboxylic acids is 2. The number of halogens is 1. The number of thioether (sulfide) groups is 1. The Kier molecular flexibility index (Phi) is 3.86. The molecule has 4 nitrogen and oxygen atoms in total. The number of nitrogens with one attached hydrogen (secondary N) is 1. The van der Waals surface area contributed by atoms with Gasteiger partial charge in [-0.2, -0.15) is 0 Å². The molecule has 6 heteroatoms. The second-order valence-corrected chi connectivity index (χ2v) is 5.86. The Balaban J connectivity index is 1.83. The number of hydrogen-bond acceptors (Lipinski definition) is 4. The minimum atomic E-state index is -0.669. The Hall–Kier alpha value is -1.98. The second kappa shape index (κ2) is 5.79. The monoisotopic (exact) mass is 318 g/mol. The van der Waals surface area contributed by atoms with Crippen molar-refractivity contribution in [3.05, 3.63) is 59.6 Å². The SMILES string of the molecule is O=C1S[C@H](Nc2ccccc2Cl)C(=O)N1c1ccccc1. The van der Waals surface area contributed by atoms with Gasteiger partial charge in [-0.1, -0.05) is 41.9 Å². The van der Waals surface area contributed by atoms with Gasteiger partial charge in [-0.05, 0) is 36.0 Å². The molecule has 0 saturated carbocycles. The van der Waals surface area contributed by atoms with Gasteiger partial charge in [-0.3, -0.25) is 9.59 Å². The highest BCUT2D eigenvalue weighted by Crippen LogP contribution is 2.33. The van der Waals surface area contributed by atoms with Crippen LogP contribution in [0.2, 0.25) is 5.02 Å². The van der Waals surface area contributed by atoms with Crippen LogP contribution < -0.4 is 10.2 Å². The Morgan fingerprint density at radius 1 is 1.00 bits per heavy atom. The molecular formula is C15H11ClN2O2S. The molecule has 1 saturated heterocycles. The van der Waals surface area contributed by atoms with Crippen molar-refractivity contribution in [3.8, 4) is 0 Å². The predicted octanol–water partition coefficient (Wildman–Crippen LogP) is 3.98. The lowest BCUT2D eigenvalue weighted by Gasteiger charge is -2.15. The van der Waals surface area contributed by atoms with Gasteiger partial charge in [0.05, 0.1) is 16.4 Å². The highest BCUT2D eigenvalue weighted by molar-refractivity contribution is 8.16. The van der Waals surface area contributed by atoms with Crippen LogP contribution in [0.1, 0.15) is 0 Å². The Labute approximate surface area is 131 Å². The zero-order valence-corrected chi connectivity index (χ0v) is 12.4. The third-order valence-electron chi connectivity index (χ3n) is 3.02. The minimum absolute atomic E-state index is 0.295. The fraction of sp³-hybridized carbons (Fsp3) is 0.0667. The van der Waals surface area contributed by atoms with Crippen LogP contribution >= 0.6 is 23.4 Å². The molecular weight excluding hydrogens is 308 g/mol. The number of nitrogens with zero attached hydrogens (tertiary/aromatic N) is 1. The summed E-state index contributed by atoms with van der Waals surface area (Å²) in [5.74, 6) is -0.295. The smallest absolute Gasteiger partial charge is 0.295 e. The molecule has 0 spiro atoms. The standard InChI is InChI=1S/C15H11ClN2O2S/c16-11-8-4-5-9-12(11)17-13-14(19)18(15(20)21-13)10-6-2-1-3-7-10/h1-9,13,17H/t13-/m0/s1. The average Bonchev–Trinajstić information content (AvgIpc) is 2.77. The van der Waals surface area contributed by atoms with Crippen LogP contribution in [0.4, 0.5) is 16.2 Å². The molecule has 0 aliphatic carbocycles. The highest BCUT2D eigenvalue weighted by atomic mass is 35.5. The lowest BCUT2D eigenvalue weighted by atomic mass is 10.3. The Bertz CT molecular complexity index is 693. The third kappa shape index (κ3) is 2.75. The van der Waals surface area contributed by atoms with E-state index in [9.17, 15) is 9.59 Å². The zero-order valence-electron chi connectivity index (χ0n) is 10.8. The van der Waals surface area contributed by atoms with E-state index in [2.05, 4.69) is 5.32 Å². The van der Waals surface area contributed by atoms with Crippen molar-refractivity contribution in [2.24, 2.45) is 0 Å². The molecule has 0 radical (unpaired) electrons. The van der Waals surface area contributed by atoms with Gasteiger partial charge in [0.1, 0.15) is 0 Å². The van der Waals surface area contributed by atoms with Crippen LogP contribution in [-0.2, 0) is 4.79 Å². The van der Waals surface area contributed by atoms with E-state index in [1.165, 1.54) is 4.90 Å². The van der Waals surface area contributed by atoms with Gasteiger partial charge in [-0.25, -0.2) is 4.90 Å². The number of amides is 2. The number of rotatable bonds is 3. The maximum atomic E-state index is 12.4. The maximum absolute atomic E-state index is 12.4. The first-order chi connectivity index (χ1) is 10.2. The van der Waals surface area contributed by atoms with E-state index in [-0.39, 0.29) is 11.1 Å². The van der Waals surface area contributed by atoms with E-state index in [1.54, 1.807) is 42.5 Å². The first kappa shape index (κ1) is 14.0. The predicted molar refractivity (Wildman–Crippen MR) is 85.8 cm³/mol. The topological polar surface area (TPSA) is 49.4 Å². The summed E-state index contributed by atoms with van der Waals surface area (Å²) in [6.45, 7) is 0. The van der Waals surface area contributed by atoms with E-state index in [4.69, 9.17) is 11.6 Å². The van der Waals surface area contributed by atoms with Crippen molar-refractivity contribution in [2.45, 2.75) is 5.37 Å². The van der Waals surface area contributed by atoms with E-state index in [0.29, 0.717) is 16.4 Å².